The van der Waals surface area contributed by atoms with Gasteiger partial charge in [-0.15, -0.1) is 0 Å². The average molecular weight is 373 g/mol. The van der Waals surface area contributed by atoms with Gasteiger partial charge in [0.25, 0.3) is 0 Å². The van der Waals surface area contributed by atoms with Crippen LogP contribution in [0.1, 0.15) is 19.3 Å². The van der Waals surface area contributed by atoms with E-state index in [9.17, 15) is 14.0 Å². The van der Waals surface area contributed by atoms with E-state index in [0.29, 0.717) is 24.0 Å². The quantitative estimate of drug-likeness (QED) is 0.833. The van der Waals surface area contributed by atoms with Crippen molar-refractivity contribution in [2.24, 2.45) is 5.92 Å². The minimum atomic E-state index is -0.786. The smallest absolute Gasteiger partial charge is 0.307 e. The first-order chi connectivity index (χ1) is 10.5. The zero-order valence-electron chi connectivity index (χ0n) is 12.0. The molecule has 1 fully saturated rings. The number of amides is 1. The molecule has 1 amide bonds. The molecule has 0 radical (unpaired) electrons. The molecule has 1 saturated heterocycles. The summed E-state index contributed by atoms with van der Waals surface area (Å²) in [5, 5.41) is 11.6. The van der Waals surface area contributed by atoms with Crippen LogP contribution in [0, 0.1) is 11.7 Å². The van der Waals surface area contributed by atoms with E-state index in [1.807, 2.05) is 4.90 Å². The number of hydrogen-bond donors (Lipinski definition) is 2. The highest BCUT2D eigenvalue weighted by Gasteiger charge is 2.25. The molecule has 7 heteroatoms. The summed E-state index contributed by atoms with van der Waals surface area (Å²) in [6, 6.07) is 4.44. The molecule has 5 nitrogen and oxygen atoms in total. The molecule has 0 spiro atoms. The SMILES string of the molecule is O=C(CCN1CCCC(C(=O)O)C1)Nc1ccc(Br)cc1F. The van der Waals surface area contributed by atoms with Crippen molar-refractivity contribution in [2.45, 2.75) is 19.3 Å². The van der Waals surface area contributed by atoms with E-state index in [-0.39, 0.29) is 23.9 Å². The molecule has 0 aromatic heterocycles. The van der Waals surface area contributed by atoms with Crippen LogP contribution in [-0.2, 0) is 9.59 Å². The van der Waals surface area contributed by atoms with Gasteiger partial charge in [-0.2, -0.15) is 0 Å². The molecule has 1 aliphatic heterocycles. The van der Waals surface area contributed by atoms with Crippen LogP contribution >= 0.6 is 15.9 Å². The Labute approximate surface area is 136 Å². The Morgan fingerprint density at radius 1 is 1.45 bits per heavy atom. The van der Waals surface area contributed by atoms with Gasteiger partial charge in [0.1, 0.15) is 5.82 Å². The number of carboxylic acid groups (broad SMARTS) is 1. The molecule has 1 heterocycles. The monoisotopic (exact) mass is 372 g/mol. The van der Waals surface area contributed by atoms with Gasteiger partial charge in [0, 0.05) is 24.0 Å². The predicted molar refractivity (Wildman–Crippen MR) is 84.1 cm³/mol. The van der Waals surface area contributed by atoms with Crippen molar-refractivity contribution in [1.29, 1.82) is 0 Å². The Bertz CT molecular complexity index is 568. The van der Waals surface area contributed by atoms with Crippen LogP contribution in [0.5, 0.6) is 0 Å². The number of carboxylic acids is 1. The minimum absolute atomic E-state index is 0.148. The van der Waals surface area contributed by atoms with Gasteiger partial charge in [0.05, 0.1) is 11.6 Å². The third-order valence-corrected chi connectivity index (χ3v) is 4.21. The van der Waals surface area contributed by atoms with E-state index < -0.39 is 11.8 Å². The first kappa shape index (κ1) is 16.9. The number of halogens is 2. The number of likely N-dealkylation sites (tertiary alicyclic amines) is 1. The highest BCUT2D eigenvalue weighted by atomic mass is 79.9. The number of piperidine rings is 1. The number of nitrogens with zero attached hydrogens (tertiary/aromatic N) is 1. The van der Waals surface area contributed by atoms with Crippen LogP contribution in [0.2, 0.25) is 0 Å². The fourth-order valence-corrected chi connectivity index (χ4v) is 2.86. The van der Waals surface area contributed by atoms with Gasteiger partial charge in [0.15, 0.2) is 0 Å². The van der Waals surface area contributed by atoms with Crippen LogP contribution in [0.3, 0.4) is 0 Å². The van der Waals surface area contributed by atoms with Gasteiger partial charge in [-0.25, -0.2) is 4.39 Å². The molecule has 2 rings (SSSR count). The number of hydrogen-bond acceptors (Lipinski definition) is 3. The Kier molecular flexibility index (Phi) is 5.90. The zero-order valence-corrected chi connectivity index (χ0v) is 13.6. The van der Waals surface area contributed by atoms with E-state index in [1.165, 1.54) is 12.1 Å². The summed E-state index contributed by atoms with van der Waals surface area (Å²) in [5.41, 5.74) is 0.148. The molecule has 1 unspecified atom stereocenters. The molecule has 22 heavy (non-hydrogen) atoms. The first-order valence-corrected chi connectivity index (χ1v) is 7.95. The molecule has 120 valence electrons. The zero-order chi connectivity index (χ0) is 16.1. The lowest BCUT2D eigenvalue weighted by Gasteiger charge is -2.30. The lowest BCUT2D eigenvalue weighted by molar-refractivity contribution is -0.143. The second-order valence-corrected chi connectivity index (χ2v) is 6.32. The van der Waals surface area contributed by atoms with E-state index in [1.54, 1.807) is 6.07 Å². The Balaban J connectivity index is 1.81. The fraction of sp³-hybridized carbons (Fsp3) is 0.467. The van der Waals surface area contributed by atoms with Gasteiger partial charge in [-0.3, -0.25) is 9.59 Å². The van der Waals surface area contributed by atoms with Gasteiger partial charge >= 0.3 is 5.97 Å². The summed E-state index contributed by atoms with van der Waals surface area (Å²) in [7, 11) is 0. The maximum absolute atomic E-state index is 13.6. The van der Waals surface area contributed by atoms with Crippen molar-refractivity contribution in [1.82, 2.24) is 4.90 Å². The van der Waals surface area contributed by atoms with Crippen molar-refractivity contribution >= 4 is 33.5 Å². The van der Waals surface area contributed by atoms with E-state index >= 15 is 0 Å². The first-order valence-electron chi connectivity index (χ1n) is 7.16. The Hall–Kier alpha value is -1.47. The molecular formula is C15H18BrFN2O3. The van der Waals surface area contributed by atoms with E-state index in [0.717, 1.165) is 13.0 Å². The molecule has 1 aliphatic rings. The van der Waals surface area contributed by atoms with Crippen LogP contribution in [0.4, 0.5) is 10.1 Å². The largest absolute Gasteiger partial charge is 0.481 e. The van der Waals surface area contributed by atoms with Crippen molar-refractivity contribution in [3.63, 3.8) is 0 Å². The summed E-state index contributed by atoms with van der Waals surface area (Å²) >= 11 is 3.16. The summed E-state index contributed by atoms with van der Waals surface area (Å²) < 4.78 is 14.2. The summed E-state index contributed by atoms with van der Waals surface area (Å²) in [5.74, 6) is -1.92. The van der Waals surface area contributed by atoms with Crippen LogP contribution < -0.4 is 5.32 Å². The maximum atomic E-state index is 13.6. The normalized spacial score (nSPS) is 18.9. The van der Waals surface area contributed by atoms with Gasteiger partial charge in [-0.1, -0.05) is 15.9 Å². The number of rotatable bonds is 5. The van der Waals surface area contributed by atoms with Crippen molar-refractivity contribution < 1.29 is 19.1 Å². The predicted octanol–water partition coefficient (Wildman–Crippen LogP) is 2.71. The molecule has 0 aliphatic carbocycles. The summed E-state index contributed by atoms with van der Waals surface area (Å²) in [6.45, 7) is 1.74. The van der Waals surface area contributed by atoms with Crippen molar-refractivity contribution in [3.05, 3.63) is 28.5 Å². The van der Waals surface area contributed by atoms with Crippen LogP contribution in [0.25, 0.3) is 0 Å². The molecule has 1 aromatic carbocycles. The maximum Gasteiger partial charge on any atom is 0.307 e. The van der Waals surface area contributed by atoms with E-state index in [2.05, 4.69) is 21.2 Å². The number of carbonyl (C=O) groups excluding carboxylic acids is 1. The highest BCUT2D eigenvalue weighted by Crippen LogP contribution is 2.20. The average Bonchev–Trinajstić information content (AvgIpc) is 2.48. The van der Waals surface area contributed by atoms with Gasteiger partial charge < -0.3 is 15.3 Å². The lowest BCUT2D eigenvalue weighted by Crippen LogP contribution is -2.40. The third-order valence-electron chi connectivity index (χ3n) is 3.72. The number of nitrogens with one attached hydrogen (secondary N) is 1. The standard InChI is InChI=1S/C15H18BrFN2O3/c16-11-3-4-13(12(17)8-11)18-14(20)5-7-19-6-1-2-10(9-19)15(21)22/h3-4,8,10H,1-2,5-7,9H2,(H,18,20)(H,21,22). The molecule has 1 aromatic rings. The van der Waals surface area contributed by atoms with E-state index in [4.69, 9.17) is 5.11 Å². The molecule has 0 bridgehead atoms. The molecule has 1 atom stereocenters. The number of anilines is 1. The fourth-order valence-electron chi connectivity index (χ4n) is 2.52. The Morgan fingerprint density at radius 2 is 2.23 bits per heavy atom. The van der Waals surface area contributed by atoms with Gasteiger partial charge in [0.2, 0.25) is 5.91 Å². The van der Waals surface area contributed by atoms with Crippen LogP contribution in [0.15, 0.2) is 22.7 Å². The topological polar surface area (TPSA) is 69.6 Å². The third kappa shape index (κ3) is 4.78. The minimum Gasteiger partial charge on any atom is -0.481 e. The summed E-state index contributed by atoms with van der Waals surface area (Å²) in [6.07, 6.45) is 1.71. The van der Waals surface area contributed by atoms with Crippen LogP contribution in [-0.4, -0.2) is 41.5 Å². The second-order valence-electron chi connectivity index (χ2n) is 5.40. The van der Waals surface area contributed by atoms with Crippen molar-refractivity contribution in [3.8, 4) is 0 Å². The Morgan fingerprint density at radius 3 is 2.91 bits per heavy atom. The number of benzene rings is 1. The molecule has 2 N–H and O–H groups in total. The molecule has 0 saturated carbocycles. The number of carbonyl (C=O) groups is 2. The van der Waals surface area contributed by atoms with Gasteiger partial charge in [-0.05, 0) is 37.6 Å². The number of aliphatic carboxylic acids is 1. The lowest BCUT2D eigenvalue weighted by atomic mass is 9.98. The molecular weight excluding hydrogens is 355 g/mol. The highest BCUT2D eigenvalue weighted by molar-refractivity contribution is 9.10. The second kappa shape index (κ2) is 7.69. The summed E-state index contributed by atoms with van der Waals surface area (Å²) in [4.78, 5) is 24.8. The van der Waals surface area contributed by atoms with Crippen molar-refractivity contribution in [2.75, 3.05) is 25.0 Å².